The van der Waals surface area contributed by atoms with Crippen LogP contribution >= 0.6 is 11.3 Å². The number of amides is 1. The first kappa shape index (κ1) is 20.4. The fraction of sp³-hybridized carbons (Fsp3) is 0.542. The molecule has 2 atom stereocenters. The molecule has 2 heterocycles. The van der Waals surface area contributed by atoms with Crippen molar-refractivity contribution < 1.29 is 9.69 Å². The van der Waals surface area contributed by atoms with Gasteiger partial charge in [0.1, 0.15) is 6.04 Å². The lowest BCUT2D eigenvalue weighted by Crippen LogP contribution is -3.16. The fourth-order valence-corrected chi connectivity index (χ4v) is 6.05. The van der Waals surface area contributed by atoms with Crippen molar-refractivity contribution in [2.24, 2.45) is 5.92 Å². The van der Waals surface area contributed by atoms with Crippen LogP contribution < -0.4 is 15.1 Å². The molecule has 0 unspecified atom stereocenters. The van der Waals surface area contributed by atoms with Crippen LogP contribution in [0.5, 0.6) is 0 Å². The molecule has 0 spiro atoms. The average molecular weight is 413 g/mol. The van der Waals surface area contributed by atoms with Crippen molar-refractivity contribution in [3.63, 3.8) is 0 Å². The van der Waals surface area contributed by atoms with Gasteiger partial charge in [0.2, 0.25) is 5.91 Å². The third kappa shape index (κ3) is 5.01. The molecule has 2 N–H and O–H groups in total. The van der Waals surface area contributed by atoms with E-state index < -0.39 is 0 Å². The summed E-state index contributed by atoms with van der Waals surface area (Å²) in [5.41, 5.74) is 1.32. The molecule has 1 aromatic heterocycles. The predicted molar refractivity (Wildman–Crippen MR) is 121 cm³/mol. The predicted octanol–water partition coefficient (Wildman–Crippen LogP) is 3.28. The molecule has 2 fully saturated rings. The number of benzene rings is 1. The van der Waals surface area contributed by atoms with E-state index in [0.717, 1.165) is 39.0 Å². The highest BCUT2D eigenvalue weighted by atomic mass is 32.1. The first-order chi connectivity index (χ1) is 14.2. The summed E-state index contributed by atoms with van der Waals surface area (Å²) >= 11 is 1.83. The number of anilines is 1. The quantitative estimate of drug-likeness (QED) is 0.764. The van der Waals surface area contributed by atoms with Gasteiger partial charge in [-0.3, -0.25) is 4.79 Å². The lowest BCUT2D eigenvalue weighted by molar-refractivity contribution is -0.933. The lowest BCUT2D eigenvalue weighted by atomic mass is 9.88. The van der Waals surface area contributed by atoms with E-state index >= 15 is 0 Å². The van der Waals surface area contributed by atoms with Crippen LogP contribution in [0.25, 0.3) is 0 Å². The summed E-state index contributed by atoms with van der Waals surface area (Å²) in [4.78, 5) is 18.4. The fourth-order valence-electron chi connectivity index (χ4n) is 5.06. The molecule has 4 nitrogen and oxygen atoms in total. The Labute approximate surface area is 178 Å². The number of para-hydroxylation sites is 1. The largest absolute Gasteiger partial charge is 0.360 e. The number of quaternary nitrogens is 1. The van der Waals surface area contributed by atoms with E-state index in [1.165, 1.54) is 29.8 Å². The second-order valence-electron chi connectivity index (χ2n) is 8.61. The van der Waals surface area contributed by atoms with Gasteiger partial charge >= 0.3 is 0 Å². The third-order valence-electron chi connectivity index (χ3n) is 6.66. The van der Waals surface area contributed by atoms with Gasteiger partial charge in [-0.1, -0.05) is 43.5 Å². The maximum absolute atomic E-state index is 12.9. The number of hydrogen-bond donors (Lipinski definition) is 2. The zero-order valence-electron chi connectivity index (χ0n) is 17.5. The molecule has 5 heteroatoms. The number of carbonyl (C=O) groups excluding carboxylic acids is 1. The summed E-state index contributed by atoms with van der Waals surface area (Å²) in [6.45, 7) is 6.53. The van der Waals surface area contributed by atoms with Crippen LogP contribution in [0.4, 0.5) is 5.69 Å². The average Bonchev–Trinajstić information content (AvgIpc) is 3.30. The Balaban J connectivity index is 1.42. The molecule has 1 aliphatic carbocycles. The lowest BCUT2D eigenvalue weighted by Gasteiger charge is -2.39. The zero-order chi connectivity index (χ0) is 20.1. The molecule has 0 bridgehead atoms. The first-order valence-corrected chi connectivity index (χ1v) is 12.1. The molecule has 1 amide bonds. The standard InChI is InChI=1S/C24H33N3OS/c1-19(25-24(28)20-9-4-2-5-10-20)23(22-13-8-18-29-22)27-16-14-26(15-17-27)21-11-6-3-7-12-21/h3,6-8,11-13,18-20,23H,2,4-5,9-10,14-17H2,1H3,(H,25,28)/p+1/t19-,23+/m1/s1. The van der Waals surface area contributed by atoms with Crippen LogP contribution in [-0.4, -0.2) is 38.1 Å². The number of nitrogens with one attached hydrogen (secondary N) is 2. The van der Waals surface area contributed by atoms with Gasteiger partial charge in [-0.05, 0) is 43.3 Å². The highest BCUT2D eigenvalue weighted by Gasteiger charge is 2.35. The van der Waals surface area contributed by atoms with Crippen molar-refractivity contribution in [3.8, 4) is 0 Å². The van der Waals surface area contributed by atoms with Crippen LogP contribution in [0, 0.1) is 5.92 Å². The van der Waals surface area contributed by atoms with Crippen LogP contribution in [-0.2, 0) is 4.79 Å². The Morgan fingerprint density at radius 1 is 1.07 bits per heavy atom. The summed E-state index contributed by atoms with van der Waals surface area (Å²) in [5.74, 6) is 0.501. The van der Waals surface area contributed by atoms with Gasteiger partial charge in [-0.2, -0.15) is 0 Å². The molecule has 1 saturated heterocycles. The van der Waals surface area contributed by atoms with Gasteiger partial charge in [0.05, 0.1) is 37.1 Å². The first-order valence-electron chi connectivity index (χ1n) is 11.2. The number of thiophene rings is 1. The number of rotatable bonds is 6. The molecule has 156 valence electrons. The Morgan fingerprint density at radius 2 is 1.79 bits per heavy atom. The zero-order valence-corrected chi connectivity index (χ0v) is 18.3. The summed E-state index contributed by atoms with van der Waals surface area (Å²) in [6.07, 6.45) is 5.81. The van der Waals surface area contributed by atoms with Crippen molar-refractivity contribution in [3.05, 3.63) is 52.7 Å². The molecule has 1 saturated carbocycles. The van der Waals surface area contributed by atoms with Crippen molar-refractivity contribution in [2.45, 2.75) is 51.1 Å². The topological polar surface area (TPSA) is 36.8 Å². The Morgan fingerprint density at radius 3 is 2.45 bits per heavy atom. The number of nitrogens with zero attached hydrogens (tertiary/aromatic N) is 1. The van der Waals surface area contributed by atoms with Crippen molar-refractivity contribution in [1.82, 2.24) is 5.32 Å². The van der Waals surface area contributed by atoms with Gasteiger partial charge in [0, 0.05) is 11.6 Å². The molecule has 2 aromatic rings. The Bertz CT molecular complexity index is 750. The SMILES string of the molecule is C[C@@H](NC(=O)C1CCCCC1)[C@@H](c1cccs1)[NH+]1CCN(c2ccccc2)CC1. The van der Waals surface area contributed by atoms with Gasteiger partial charge in [0.15, 0.2) is 0 Å². The highest BCUT2D eigenvalue weighted by Crippen LogP contribution is 2.25. The molecular weight excluding hydrogens is 378 g/mol. The van der Waals surface area contributed by atoms with Crippen LogP contribution in [0.15, 0.2) is 47.8 Å². The van der Waals surface area contributed by atoms with Gasteiger partial charge in [-0.25, -0.2) is 0 Å². The van der Waals surface area contributed by atoms with E-state index in [1.54, 1.807) is 4.90 Å². The van der Waals surface area contributed by atoms with Crippen LogP contribution in [0.1, 0.15) is 49.9 Å². The van der Waals surface area contributed by atoms with E-state index in [4.69, 9.17) is 0 Å². The van der Waals surface area contributed by atoms with Crippen molar-refractivity contribution >= 4 is 22.9 Å². The molecule has 29 heavy (non-hydrogen) atoms. The van der Waals surface area contributed by atoms with E-state index in [2.05, 4.69) is 65.0 Å². The van der Waals surface area contributed by atoms with Gasteiger partial charge < -0.3 is 15.1 Å². The smallest absolute Gasteiger partial charge is 0.223 e. The van der Waals surface area contributed by atoms with Crippen molar-refractivity contribution in [1.29, 1.82) is 0 Å². The van der Waals surface area contributed by atoms with Gasteiger partial charge in [0.25, 0.3) is 0 Å². The minimum absolute atomic E-state index is 0.154. The summed E-state index contributed by atoms with van der Waals surface area (Å²) in [5, 5.41) is 5.58. The van der Waals surface area contributed by atoms with E-state index in [-0.39, 0.29) is 17.9 Å². The maximum atomic E-state index is 12.9. The van der Waals surface area contributed by atoms with Crippen molar-refractivity contribution in [2.75, 3.05) is 31.1 Å². The monoisotopic (exact) mass is 412 g/mol. The van der Waals surface area contributed by atoms with E-state index in [1.807, 2.05) is 11.3 Å². The molecule has 2 aliphatic rings. The summed E-state index contributed by atoms with van der Waals surface area (Å²) in [6, 6.07) is 15.6. The molecule has 4 rings (SSSR count). The second kappa shape index (κ2) is 9.77. The van der Waals surface area contributed by atoms with Crippen LogP contribution in [0.3, 0.4) is 0 Å². The summed E-state index contributed by atoms with van der Waals surface area (Å²) in [7, 11) is 0. The molecular formula is C24H34N3OS+. The normalized spacial score (nSPS) is 20.9. The highest BCUT2D eigenvalue weighted by molar-refractivity contribution is 7.10. The number of hydrogen-bond acceptors (Lipinski definition) is 3. The summed E-state index contributed by atoms with van der Waals surface area (Å²) < 4.78 is 0. The van der Waals surface area contributed by atoms with Crippen LogP contribution in [0.2, 0.25) is 0 Å². The molecule has 1 aliphatic heterocycles. The third-order valence-corrected chi connectivity index (χ3v) is 7.62. The minimum atomic E-state index is 0.154. The second-order valence-corrected chi connectivity index (χ2v) is 9.59. The number of piperazine rings is 1. The maximum Gasteiger partial charge on any atom is 0.223 e. The van der Waals surface area contributed by atoms with Gasteiger partial charge in [-0.15, -0.1) is 11.3 Å². The van der Waals surface area contributed by atoms with E-state index in [0.29, 0.717) is 6.04 Å². The van der Waals surface area contributed by atoms with E-state index in [9.17, 15) is 4.79 Å². The Kier molecular flexibility index (Phi) is 6.88. The Hall–Kier alpha value is -1.85. The molecule has 0 radical (unpaired) electrons. The molecule has 1 aromatic carbocycles. The number of carbonyl (C=O) groups is 1. The minimum Gasteiger partial charge on any atom is -0.360 e.